The van der Waals surface area contributed by atoms with Crippen LogP contribution < -0.4 is 0 Å². The van der Waals surface area contributed by atoms with Gasteiger partial charge in [0.2, 0.25) is 18.1 Å². The van der Waals surface area contributed by atoms with E-state index >= 15 is 0 Å². The average Bonchev–Trinajstić information content (AvgIpc) is 3.52. The highest BCUT2D eigenvalue weighted by Gasteiger charge is 2.61. The van der Waals surface area contributed by atoms with Crippen molar-refractivity contribution in [1.29, 1.82) is 0 Å². The van der Waals surface area contributed by atoms with Crippen molar-refractivity contribution in [3.63, 3.8) is 0 Å². The van der Waals surface area contributed by atoms with Crippen LogP contribution in [0.15, 0.2) is 47.4 Å². The normalized spacial score (nSPS) is 26.9. The molecule has 6 nitrogen and oxygen atoms in total. The van der Waals surface area contributed by atoms with Crippen molar-refractivity contribution in [3.05, 3.63) is 76.4 Å². The Morgan fingerprint density at radius 3 is 2.42 bits per heavy atom. The molecule has 12 heteroatoms. The fourth-order valence-corrected chi connectivity index (χ4v) is 9.90. The van der Waals surface area contributed by atoms with Crippen molar-refractivity contribution >= 4 is 21.5 Å². The Morgan fingerprint density at radius 1 is 1.07 bits per heavy atom. The molecule has 2 aliphatic carbocycles. The minimum Gasteiger partial charge on any atom is -0.325 e. The summed E-state index contributed by atoms with van der Waals surface area (Å²) in [5, 5.41) is 0. The predicted octanol–water partition coefficient (Wildman–Crippen LogP) is 6.08. The number of likely N-dealkylation sites (tertiary alicyclic amines) is 1. The smallest absolute Gasteiger partial charge is 0.325 e. The van der Waals surface area contributed by atoms with Crippen molar-refractivity contribution in [2.45, 2.75) is 79.4 Å². The lowest BCUT2D eigenvalue weighted by molar-refractivity contribution is -0.228. The monoisotopic (exact) mass is 622 g/mol. The van der Waals surface area contributed by atoms with Gasteiger partial charge in [-0.1, -0.05) is 18.2 Å². The van der Waals surface area contributed by atoms with Gasteiger partial charge in [0.25, 0.3) is 0 Å². The number of Topliss-reactive ketones (excluding diaryl/α,β-unsaturated/α-hetero) is 1. The Labute approximate surface area is 247 Å². The molecule has 1 amide bonds. The lowest BCUT2D eigenvalue weighted by Crippen LogP contribution is -2.46. The summed E-state index contributed by atoms with van der Waals surface area (Å²) in [5.74, 6) is -2.06. The second-order valence-electron chi connectivity index (χ2n) is 11.9. The van der Waals surface area contributed by atoms with E-state index in [9.17, 15) is 40.0 Å². The minimum atomic E-state index is -5.18. The number of amides is 1. The molecule has 1 heterocycles. The van der Waals surface area contributed by atoms with Gasteiger partial charge in [-0.2, -0.15) is 13.2 Å². The first-order chi connectivity index (χ1) is 20.1. The van der Waals surface area contributed by atoms with Gasteiger partial charge in [0.15, 0.2) is 15.6 Å². The van der Waals surface area contributed by atoms with Crippen LogP contribution in [-0.4, -0.2) is 50.3 Å². The summed E-state index contributed by atoms with van der Waals surface area (Å²) in [5.41, 5.74) is -3.70. The summed E-state index contributed by atoms with van der Waals surface area (Å²) < 4.78 is 96.6. The highest BCUT2D eigenvalue weighted by atomic mass is 32.2. The zero-order valence-corrected chi connectivity index (χ0v) is 24.3. The first kappa shape index (κ1) is 31.1. The van der Waals surface area contributed by atoms with Gasteiger partial charge >= 0.3 is 6.18 Å². The fourth-order valence-electron chi connectivity index (χ4n) is 7.40. The Kier molecular flexibility index (Phi) is 7.95. The molecule has 1 saturated carbocycles. The lowest BCUT2D eigenvalue weighted by atomic mass is 9.71. The van der Waals surface area contributed by atoms with Crippen LogP contribution in [0.1, 0.15) is 62.1 Å². The van der Waals surface area contributed by atoms with Gasteiger partial charge in [0.1, 0.15) is 10.6 Å². The molecule has 3 aliphatic rings. The highest BCUT2D eigenvalue weighted by Crippen LogP contribution is 2.60. The maximum absolute atomic E-state index is 14.9. The van der Waals surface area contributed by atoms with E-state index < -0.39 is 55.7 Å². The second-order valence-corrected chi connectivity index (χ2v) is 14.1. The van der Waals surface area contributed by atoms with Crippen LogP contribution in [0.2, 0.25) is 0 Å². The Bertz CT molecular complexity index is 1580. The van der Waals surface area contributed by atoms with Gasteiger partial charge in [-0.15, -0.1) is 0 Å². The molecule has 0 N–H and O–H groups in total. The highest BCUT2D eigenvalue weighted by molar-refractivity contribution is 7.92. The van der Waals surface area contributed by atoms with Crippen molar-refractivity contribution < 1.29 is 40.0 Å². The van der Waals surface area contributed by atoms with Gasteiger partial charge in [0.05, 0.1) is 17.5 Å². The summed E-state index contributed by atoms with van der Waals surface area (Å²) >= 11 is 0. The zero-order valence-electron chi connectivity index (χ0n) is 23.5. The number of aryl methyl sites for hydroxylation is 1. The van der Waals surface area contributed by atoms with E-state index in [1.165, 1.54) is 11.0 Å². The number of nitrogens with zero attached hydrogens (tertiary/aromatic N) is 2. The van der Waals surface area contributed by atoms with Crippen molar-refractivity contribution in [2.75, 3.05) is 13.1 Å². The SMILES string of the molecule is [C-]#[N+]CCN1C(=O)CC[C@H]1C(=O)C[C@@H]1CC[C@@]2(S(=O)(=O)c3ccc(F)cc3)c3ccc(C(C)(F)C(F)(F)F)cc3CC[C@@H]12. The van der Waals surface area contributed by atoms with Crippen LogP contribution in [0.5, 0.6) is 0 Å². The molecule has 0 bridgehead atoms. The number of carbonyl (C=O) groups is 2. The number of ketones is 1. The van der Waals surface area contributed by atoms with E-state index in [0.29, 0.717) is 25.3 Å². The molecule has 2 aromatic rings. The standard InChI is InChI=1S/C31H31F5N2O4S/c1-29(33,31(34,35)36)21-4-10-25-19(17-21)3-9-24-20(18-27(39)26-11-12-28(40)38(26)16-15-37-2)13-14-30(24,25)43(41,42)23-7-5-22(32)6-8-23/h4-8,10,17,20,24,26H,3,9,11-16,18H2,1H3/t20-,24-,26-,29?,30-/m0/s1. The topological polar surface area (TPSA) is 75.9 Å². The van der Waals surface area contributed by atoms with E-state index in [4.69, 9.17) is 6.57 Å². The summed E-state index contributed by atoms with van der Waals surface area (Å²) in [6, 6.07) is 7.00. The quantitative estimate of drug-likeness (QED) is 0.203. The molecule has 2 aromatic carbocycles. The number of hydrogen-bond donors (Lipinski definition) is 0. The third-order valence-electron chi connectivity index (χ3n) is 9.63. The number of carbonyl (C=O) groups excluding carboxylic acids is 2. The number of alkyl halides is 4. The molecule has 5 atom stereocenters. The van der Waals surface area contributed by atoms with E-state index in [2.05, 4.69) is 4.85 Å². The zero-order chi connectivity index (χ0) is 31.4. The molecule has 0 aromatic heterocycles. The number of hydrogen-bond acceptors (Lipinski definition) is 4. The van der Waals surface area contributed by atoms with Crippen LogP contribution in [0.3, 0.4) is 0 Å². The van der Waals surface area contributed by atoms with Gasteiger partial charge in [-0.25, -0.2) is 23.8 Å². The minimum absolute atomic E-state index is 0.00185. The van der Waals surface area contributed by atoms with Gasteiger partial charge in [-0.05, 0) is 91.8 Å². The summed E-state index contributed by atoms with van der Waals surface area (Å²) in [6.45, 7) is 7.66. The predicted molar refractivity (Wildman–Crippen MR) is 147 cm³/mol. The van der Waals surface area contributed by atoms with Crippen LogP contribution in [0.25, 0.3) is 4.85 Å². The molecule has 0 spiro atoms. The fraction of sp³-hybridized carbons (Fsp3) is 0.516. The maximum Gasteiger partial charge on any atom is 0.426 e. The van der Waals surface area contributed by atoms with Gasteiger partial charge in [0, 0.05) is 12.8 Å². The number of fused-ring (bicyclic) bond motifs is 3. The van der Waals surface area contributed by atoms with Gasteiger partial charge < -0.3 is 9.74 Å². The molecule has 1 saturated heterocycles. The Morgan fingerprint density at radius 2 is 1.77 bits per heavy atom. The number of rotatable bonds is 8. The number of sulfone groups is 1. The van der Waals surface area contributed by atoms with Crippen LogP contribution in [-0.2, 0) is 36.3 Å². The molecule has 5 rings (SSSR count). The third kappa shape index (κ3) is 5.03. The van der Waals surface area contributed by atoms with E-state index in [-0.39, 0.29) is 67.3 Å². The average molecular weight is 623 g/mol. The van der Waals surface area contributed by atoms with Crippen LogP contribution in [0, 0.1) is 24.2 Å². The Hall–Kier alpha value is -3.33. The Balaban J connectivity index is 1.55. The first-order valence-electron chi connectivity index (χ1n) is 14.2. The largest absolute Gasteiger partial charge is 0.426 e. The molecule has 1 aliphatic heterocycles. The number of halogens is 5. The first-order valence-corrected chi connectivity index (χ1v) is 15.7. The second kappa shape index (κ2) is 11.0. The lowest BCUT2D eigenvalue weighted by Gasteiger charge is -2.43. The summed E-state index contributed by atoms with van der Waals surface area (Å²) in [7, 11) is -4.28. The van der Waals surface area contributed by atoms with E-state index in [0.717, 1.165) is 36.4 Å². The molecule has 43 heavy (non-hydrogen) atoms. The molecule has 1 unspecified atom stereocenters. The van der Waals surface area contributed by atoms with Crippen LogP contribution in [0.4, 0.5) is 22.0 Å². The molecular weight excluding hydrogens is 591 g/mol. The van der Waals surface area contributed by atoms with Crippen molar-refractivity contribution in [1.82, 2.24) is 4.90 Å². The van der Waals surface area contributed by atoms with Gasteiger partial charge in [-0.3, -0.25) is 9.59 Å². The van der Waals surface area contributed by atoms with E-state index in [1.54, 1.807) is 0 Å². The third-order valence-corrected chi connectivity index (χ3v) is 12.2. The van der Waals surface area contributed by atoms with Crippen molar-refractivity contribution in [3.8, 4) is 0 Å². The van der Waals surface area contributed by atoms with Crippen LogP contribution >= 0.6 is 0 Å². The number of benzene rings is 2. The summed E-state index contributed by atoms with van der Waals surface area (Å²) in [4.78, 5) is 30.5. The van der Waals surface area contributed by atoms with Crippen molar-refractivity contribution in [2.24, 2.45) is 11.8 Å². The molecular formula is C31H31F5N2O4S. The van der Waals surface area contributed by atoms with E-state index in [1.807, 2.05) is 0 Å². The molecule has 0 radical (unpaired) electrons. The summed E-state index contributed by atoms with van der Waals surface area (Å²) in [6.07, 6.45) is -3.86. The molecule has 2 fully saturated rings. The molecule has 230 valence electrons. The maximum atomic E-state index is 14.9.